The zero-order valence-corrected chi connectivity index (χ0v) is 9.79. The molecule has 1 aromatic heterocycles. The van der Waals surface area contributed by atoms with Crippen LogP contribution in [0, 0.1) is 5.82 Å². The van der Waals surface area contributed by atoms with E-state index in [9.17, 15) is 12.8 Å². The van der Waals surface area contributed by atoms with Gasteiger partial charge in [0.05, 0.1) is 18.2 Å². The Morgan fingerprint density at radius 1 is 1.29 bits per heavy atom. The van der Waals surface area contributed by atoms with Gasteiger partial charge in [0.15, 0.2) is 0 Å². The Labute approximate surface area is 98.1 Å². The quantitative estimate of drug-likeness (QED) is 0.916. The van der Waals surface area contributed by atoms with Gasteiger partial charge < -0.3 is 4.42 Å². The molecule has 2 rings (SSSR count). The highest BCUT2D eigenvalue weighted by molar-refractivity contribution is 7.92. The Hall–Kier alpha value is -1.82. The van der Waals surface area contributed by atoms with Gasteiger partial charge in [-0.2, -0.15) is 0 Å². The fraction of sp³-hybridized carbons (Fsp3) is 0.0909. The molecule has 0 atom stereocenters. The first-order valence-corrected chi connectivity index (χ1v) is 6.66. The maximum atomic E-state index is 13.2. The summed E-state index contributed by atoms with van der Waals surface area (Å²) in [6, 6.07) is 7.02. The van der Waals surface area contributed by atoms with E-state index in [1.54, 1.807) is 12.1 Å². The molecule has 1 heterocycles. The van der Waals surface area contributed by atoms with Crippen LogP contribution in [-0.2, 0) is 10.0 Å². The van der Waals surface area contributed by atoms with Gasteiger partial charge in [-0.15, -0.1) is 0 Å². The van der Waals surface area contributed by atoms with E-state index in [0.717, 1.165) is 6.26 Å². The van der Waals surface area contributed by atoms with Gasteiger partial charge in [-0.3, -0.25) is 4.72 Å². The molecule has 0 aliphatic heterocycles. The summed E-state index contributed by atoms with van der Waals surface area (Å²) in [6.45, 7) is 0. The molecule has 0 spiro atoms. The van der Waals surface area contributed by atoms with Gasteiger partial charge in [-0.25, -0.2) is 12.8 Å². The van der Waals surface area contributed by atoms with Crippen LogP contribution in [0.25, 0.3) is 11.3 Å². The smallest absolute Gasteiger partial charge is 0.229 e. The summed E-state index contributed by atoms with van der Waals surface area (Å²) in [5, 5.41) is 0. The Balaban J connectivity index is 2.53. The Morgan fingerprint density at radius 3 is 2.65 bits per heavy atom. The molecule has 0 fully saturated rings. The van der Waals surface area contributed by atoms with Crippen LogP contribution in [0.15, 0.2) is 41.0 Å². The van der Waals surface area contributed by atoms with Gasteiger partial charge in [0.1, 0.15) is 11.6 Å². The normalized spacial score (nSPS) is 11.4. The molecule has 6 heteroatoms. The van der Waals surface area contributed by atoms with Crippen molar-refractivity contribution in [1.82, 2.24) is 0 Å². The molecule has 0 unspecified atom stereocenters. The minimum atomic E-state index is -3.42. The molecule has 0 bridgehead atoms. The monoisotopic (exact) mass is 255 g/mol. The van der Waals surface area contributed by atoms with Crippen molar-refractivity contribution in [3.05, 3.63) is 42.4 Å². The van der Waals surface area contributed by atoms with Gasteiger partial charge in [-0.05, 0) is 30.3 Å². The molecule has 0 aliphatic rings. The minimum absolute atomic E-state index is 0.281. The highest BCUT2D eigenvalue weighted by Crippen LogP contribution is 2.29. The van der Waals surface area contributed by atoms with Crippen LogP contribution >= 0.6 is 0 Å². The second-order valence-corrected chi connectivity index (χ2v) is 5.29. The van der Waals surface area contributed by atoms with Crippen molar-refractivity contribution in [2.75, 3.05) is 11.0 Å². The van der Waals surface area contributed by atoms with Gasteiger partial charge >= 0.3 is 0 Å². The van der Waals surface area contributed by atoms with Crippen molar-refractivity contribution in [2.24, 2.45) is 0 Å². The fourth-order valence-electron chi connectivity index (χ4n) is 1.44. The Bertz CT molecular complexity index is 620. The van der Waals surface area contributed by atoms with E-state index >= 15 is 0 Å². The van der Waals surface area contributed by atoms with Crippen LogP contribution in [0.3, 0.4) is 0 Å². The van der Waals surface area contributed by atoms with E-state index in [1.165, 1.54) is 24.5 Å². The van der Waals surface area contributed by atoms with Crippen LogP contribution in [0.1, 0.15) is 0 Å². The van der Waals surface area contributed by atoms with Crippen molar-refractivity contribution < 1.29 is 17.2 Å². The molecule has 0 saturated heterocycles. The van der Waals surface area contributed by atoms with E-state index < -0.39 is 15.8 Å². The number of hydrogen-bond donors (Lipinski definition) is 1. The largest absolute Gasteiger partial charge is 0.464 e. The zero-order chi connectivity index (χ0) is 12.5. The molecule has 1 aromatic carbocycles. The van der Waals surface area contributed by atoms with Crippen LogP contribution < -0.4 is 4.72 Å². The molecule has 4 nitrogen and oxygen atoms in total. The summed E-state index contributed by atoms with van der Waals surface area (Å²) >= 11 is 0. The lowest BCUT2D eigenvalue weighted by atomic mass is 10.1. The van der Waals surface area contributed by atoms with Crippen LogP contribution in [0.2, 0.25) is 0 Å². The zero-order valence-electron chi connectivity index (χ0n) is 8.98. The number of hydrogen-bond acceptors (Lipinski definition) is 3. The summed E-state index contributed by atoms with van der Waals surface area (Å²) in [4.78, 5) is 0. The Kier molecular flexibility index (Phi) is 2.89. The van der Waals surface area contributed by atoms with E-state index in [1.807, 2.05) is 0 Å². The SMILES string of the molecule is CS(=O)(=O)Nc1ccc(F)cc1-c1ccco1. The molecule has 0 radical (unpaired) electrons. The van der Waals surface area contributed by atoms with E-state index in [4.69, 9.17) is 4.42 Å². The van der Waals surface area contributed by atoms with Crippen molar-refractivity contribution >= 4 is 15.7 Å². The predicted octanol–water partition coefficient (Wildman–Crippen LogP) is 2.46. The second-order valence-electron chi connectivity index (χ2n) is 3.54. The molecule has 2 aromatic rings. The van der Waals surface area contributed by atoms with Crippen molar-refractivity contribution in [2.45, 2.75) is 0 Å². The topological polar surface area (TPSA) is 59.3 Å². The van der Waals surface area contributed by atoms with Gasteiger partial charge in [0.2, 0.25) is 10.0 Å². The van der Waals surface area contributed by atoms with Crippen LogP contribution in [-0.4, -0.2) is 14.7 Å². The van der Waals surface area contributed by atoms with E-state index in [-0.39, 0.29) is 5.69 Å². The third-order valence-corrected chi connectivity index (χ3v) is 2.65. The number of anilines is 1. The summed E-state index contributed by atoms with van der Waals surface area (Å²) in [6.07, 6.45) is 2.47. The Morgan fingerprint density at radius 2 is 2.06 bits per heavy atom. The van der Waals surface area contributed by atoms with Crippen LogP contribution in [0.5, 0.6) is 0 Å². The third-order valence-electron chi connectivity index (χ3n) is 2.06. The standard InChI is InChI=1S/C11H10FNO3S/c1-17(14,15)13-10-5-4-8(12)7-9(10)11-3-2-6-16-11/h2-7,13H,1H3. The maximum Gasteiger partial charge on any atom is 0.229 e. The lowest BCUT2D eigenvalue weighted by Crippen LogP contribution is -2.10. The number of rotatable bonds is 3. The molecule has 0 amide bonds. The molecular formula is C11H10FNO3S. The summed E-state index contributed by atoms with van der Waals surface area (Å²) in [5.74, 6) is -0.0638. The minimum Gasteiger partial charge on any atom is -0.464 e. The van der Waals surface area contributed by atoms with Crippen molar-refractivity contribution in [3.63, 3.8) is 0 Å². The highest BCUT2D eigenvalue weighted by Gasteiger charge is 2.12. The molecule has 0 aliphatic carbocycles. The second kappa shape index (κ2) is 4.21. The summed E-state index contributed by atoms with van der Waals surface area (Å²) < 4.78 is 42.9. The number of benzene rings is 1. The first-order valence-electron chi connectivity index (χ1n) is 4.77. The average molecular weight is 255 g/mol. The number of sulfonamides is 1. The van der Waals surface area contributed by atoms with Crippen LogP contribution in [0.4, 0.5) is 10.1 Å². The van der Waals surface area contributed by atoms with Crippen molar-refractivity contribution in [3.8, 4) is 11.3 Å². The first kappa shape index (κ1) is 11.7. The molecule has 1 N–H and O–H groups in total. The van der Waals surface area contributed by atoms with Gasteiger partial charge in [0, 0.05) is 5.56 Å². The third kappa shape index (κ3) is 2.85. The van der Waals surface area contributed by atoms with E-state index in [0.29, 0.717) is 11.3 Å². The first-order chi connectivity index (χ1) is 7.96. The lowest BCUT2D eigenvalue weighted by Gasteiger charge is -2.08. The maximum absolute atomic E-state index is 13.2. The van der Waals surface area contributed by atoms with Crippen molar-refractivity contribution in [1.29, 1.82) is 0 Å². The molecule has 90 valence electrons. The molecular weight excluding hydrogens is 245 g/mol. The summed E-state index contributed by atoms with van der Waals surface area (Å²) in [5.41, 5.74) is 0.643. The number of nitrogens with one attached hydrogen (secondary N) is 1. The highest BCUT2D eigenvalue weighted by atomic mass is 32.2. The molecule has 0 saturated carbocycles. The van der Waals surface area contributed by atoms with Gasteiger partial charge in [-0.1, -0.05) is 0 Å². The molecule has 17 heavy (non-hydrogen) atoms. The van der Waals surface area contributed by atoms with E-state index in [2.05, 4.69) is 4.72 Å². The lowest BCUT2D eigenvalue weighted by molar-refractivity contribution is 0.580. The fourth-order valence-corrected chi connectivity index (χ4v) is 2.02. The van der Waals surface area contributed by atoms with Gasteiger partial charge in [0.25, 0.3) is 0 Å². The number of halogens is 1. The average Bonchev–Trinajstić information content (AvgIpc) is 2.71. The predicted molar refractivity (Wildman–Crippen MR) is 62.6 cm³/mol. The number of furan rings is 1. The summed E-state index contributed by atoms with van der Waals surface area (Å²) in [7, 11) is -3.42.